The topological polar surface area (TPSA) is 78.9 Å². The van der Waals surface area contributed by atoms with Crippen molar-refractivity contribution < 1.29 is 4.79 Å². The Morgan fingerprint density at radius 3 is 2.71 bits per heavy atom. The lowest BCUT2D eigenvalue weighted by Crippen LogP contribution is -2.16. The fourth-order valence-electron chi connectivity index (χ4n) is 1.29. The Hall–Kier alpha value is -1.93. The van der Waals surface area contributed by atoms with Crippen LogP contribution in [0.3, 0.4) is 0 Å². The number of nitrogens with zero attached hydrogens (tertiary/aromatic N) is 1. The fourth-order valence-corrected chi connectivity index (χ4v) is 1.86. The van der Waals surface area contributed by atoms with Gasteiger partial charge in [0.1, 0.15) is 11.6 Å². The summed E-state index contributed by atoms with van der Waals surface area (Å²) in [6.07, 6.45) is 1.78. The third kappa shape index (κ3) is 3.54. The molecule has 0 bridgehead atoms. The number of amides is 1. The standard InChI is InChI=1S/C12H13N3OS/c1-8-4-3-5-9(6-8)15-12(17-2)10(7-13)11(14)16/h3-6,15H,1-2H3,(H2,14,16)/b12-10-. The van der Waals surface area contributed by atoms with E-state index >= 15 is 0 Å². The Kier molecular flexibility index (Phi) is 4.61. The Morgan fingerprint density at radius 1 is 1.53 bits per heavy atom. The van der Waals surface area contributed by atoms with Crippen LogP contribution < -0.4 is 11.1 Å². The second-order valence-corrected chi connectivity index (χ2v) is 4.20. The van der Waals surface area contributed by atoms with Crippen molar-refractivity contribution in [2.24, 2.45) is 5.73 Å². The van der Waals surface area contributed by atoms with Crippen LogP contribution in [-0.2, 0) is 4.79 Å². The predicted octanol–water partition coefficient (Wildman–Crippen LogP) is 1.99. The first kappa shape index (κ1) is 13.1. The molecule has 1 aromatic carbocycles. The monoisotopic (exact) mass is 247 g/mol. The van der Waals surface area contributed by atoms with Gasteiger partial charge in [0.2, 0.25) is 0 Å². The second kappa shape index (κ2) is 5.97. The molecule has 17 heavy (non-hydrogen) atoms. The van der Waals surface area contributed by atoms with Gasteiger partial charge in [-0.05, 0) is 30.9 Å². The molecule has 0 unspecified atom stereocenters. The molecule has 0 heterocycles. The summed E-state index contributed by atoms with van der Waals surface area (Å²) >= 11 is 1.28. The van der Waals surface area contributed by atoms with Gasteiger partial charge >= 0.3 is 0 Å². The summed E-state index contributed by atoms with van der Waals surface area (Å²) in [5.74, 6) is -0.725. The van der Waals surface area contributed by atoms with Gasteiger partial charge in [0.25, 0.3) is 5.91 Å². The molecule has 0 saturated carbocycles. The van der Waals surface area contributed by atoms with E-state index in [4.69, 9.17) is 11.0 Å². The highest BCUT2D eigenvalue weighted by molar-refractivity contribution is 8.02. The number of benzene rings is 1. The number of aryl methyl sites for hydroxylation is 1. The van der Waals surface area contributed by atoms with Crippen molar-refractivity contribution in [3.8, 4) is 6.07 Å². The summed E-state index contributed by atoms with van der Waals surface area (Å²) in [5.41, 5.74) is 6.99. The number of hydrogen-bond donors (Lipinski definition) is 2. The van der Waals surface area contributed by atoms with E-state index in [0.717, 1.165) is 11.3 Å². The van der Waals surface area contributed by atoms with Crippen LogP contribution in [0.5, 0.6) is 0 Å². The predicted molar refractivity (Wildman–Crippen MR) is 70.2 cm³/mol. The zero-order chi connectivity index (χ0) is 12.8. The van der Waals surface area contributed by atoms with Crippen molar-refractivity contribution in [3.05, 3.63) is 40.4 Å². The molecule has 0 aliphatic rings. The highest BCUT2D eigenvalue weighted by atomic mass is 32.2. The van der Waals surface area contributed by atoms with Crippen LogP contribution in [0.4, 0.5) is 5.69 Å². The number of carbonyl (C=O) groups is 1. The quantitative estimate of drug-likeness (QED) is 0.630. The minimum Gasteiger partial charge on any atom is -0.365 e. The van der Waals surface area contributed by atoms with Crippen molar-refractivity contribution >= 4 is 23.4 Å². The van der Waals surface area contributed by atoms with Crippen LogP contribution in [0.25, 0.3) is 0 Å². The summed E-state index contributed by atoms with van der Waals surface area (Å²) in [6.45, 7) is 1.97. The minimum atomic E-state index is -0.725. The largest absolute Gasteiger partial charge is 0.365 e. The van der Waals surface area contributed by atoms with Crippen molar-refractivity contribution in [3.63, 3.8) is 0 Å². The first-order valence-electron chi connectivity index (χ1n) is 4.90. The number of thioether (sulfide) groups is 1. The Morgan fingerprint density at radius 2 is 2.24 bits per heavy atom. The molecule has 1 aromatic rings. The molecule has 0 fully saturated rings. The number of anilines is 1. The molecule has 0 radical (unpaired) electrons. The number of rotatable bonds is 4. The molecule has 88 valence electrons. The Labute approximate surface area is 104 Å². The van der Waals surface area contributed by atoms with Crippen LogP contribution in [0.2, 0.25) is 0 Å². The normalized spacial score (nSPS) is 11.4. The van der Waals surface area contributed by atoms with E-state index in [1.807, 2.05) is 37.3 Å². The molecule has 0 spiro atoms. The molecule has 0 saturated heterocycles. The highest BCUT2D eigenvalue weighted by Crippen LogP contribution is 2.21. The Balaban J connectivity index is 3.06. The van der Waals surface area contributed by atoms with Gasteiger partial charge in [-0.15, -0.1) is 11.8 Å². The van der Waals surface area contributed by atoms with Crippen LogP contribution in [0.1, 0.15) is 5.56 Å². The lowest BCUT2D eigenvalue weighted by Gasteiger charge is -2.10. The molecule has 0 aromatic heterocycles. The molecule has 0 aliphatic carbocycles. The van der Waals surface area contributed by atoms with Gasteiger partial charge in [0.05, 0.1) is 5.03 Å². The third-order valence-corrected chi connectivity index (χ3v) is 2.78. The van der Waals surface area contributed by atoms with Gasteiger partial charge in [-0.1, -0.05) is 12.1 Å². The first-order valence-corrected chi connectivity index (χ1v) is 6.12. The van der Waals surface area contributed by atoms with E-state index < -0.39 is 5.91 Å². The second-order valence-electron chi connectivity index (χ2n) is 3.38. The van der Waals surface area contributed by atoms with Gasteiger partial charge in [0, 0.05) is 5.69 Å². The van der Waals surface area contributed by atoms with E-state index in [2.05, 4.69) is 5.32 Å². The Bertz CT molecular complexity index is 503. The molecule has 4 nitrogen and oxygen atoms in total. The SMILES string of the molecule is CS/C(Nc1cccc(C)c1)=C(/C#N)C(N)=O. The lowest BCUT2D eigenvalue weighted by molar-refractivity contribution is -0.114. The van der Waals surface area contributed by atoms with Crippen molar-refractivity contribution in [1.82, 2.24) is 0 Å². The molecule has 5 heteroatoms. The van der Waals surface area contributed by atoms with E-state index in [-0.39, 0.29) is 5.57 Å². The third-order valence-electron chi connectivity index (χ3n) is 2.07. The van der Waals surface area contributed by atoms with Crippen molar-refractivity contribution in [2.75, 3.05) is 11.6 Å². The number of nitrogens with two attached hydrogens (primary N) is 1. The zero-order valence-corrected chi connectivity index (χ0v) is 10.5. The first-order chi connectivity index (χ1) is 8.08. The summed E-state index contributed by atoms with van der Waals surface area (Å²) < 4.78 is 0. The molecule has 1 amide bonds. The van der Waals surface area contributed by atoms with E-state index in [9.17, 15) is 4.79 Å². The summed E-state index contributed by atoms with van der Waals surface area (Å²) in [5, 5.41) is 12.4. The lowest BCUT2D eigenvalue weighted by atomic mass is 10.2. The highest BCUT2D eigenvalue weighted by Gasteiger charge is 2.11. The number of primary amides is 1. The maximum Gasteiger partial charge on any atom is 0.262 e. The smallest absolute Gasteiger partial charge is 0.262 e. The molecule has 1 rings (SSSR count). The number of carbonyl (C=O) groups excluding carboxylic acids is 1. The number of hydrogen-bond acceptors (Lipinski definition) is 4. The molecular weight excluding hydrogens is 234 g/mol. The van der Waals surface area contributed by atoms with E-state index in [1.165, 1.54) is 11.8 Å². The van der Waals surface area contributed by atoms with Gasteiger partial charge < -0.3 is 11.1 Å². The molecular formula is C12H13N3OS. The summed E-state index contributed by atoms with van der Waals surface area (Å²) in [4.78, 5) is 11.1. The fraction of sp³-hybridized carbons (Fsp3) is 0.167. The van der Waals surface area contributed by atoms with Gasteiger partial charge in [-0.25, -0.2) is 0 Å². The molecule has 0 atom stereocenters. The average Bonchev–Trinajstić information content (AvgIpc) is 2.28. The number of nitrogens with one attached hydrogen (secondary N) is 1. The maximum atomic E-state index is 11.1. The summed E-state index contributed by atoms with van der Waals surface area (Å²) in [6, 6.07) is 9.45. The van der Waals surface area contributed by atoms with Crippen molar-refractivity contribution in [1.29, 1.82) is 5.26 Å². The van der Waals surface area contributed by atoms with Gasteiger partial charge in [-0.3, -0.25) is 4.79 Å². The van der Waals surface area contributed by atoms with Gasteiger partial charge in [-0.2, -0.15) is 5.26 Å². The minimum absolute atomic E-state index is 0.0565. The van der Waals surface area contributed by atoms with E-state index in [0.29, 0.717) is 5.03 Å². The van der Waals surface area contributed by atoms with Crippen LogP contribution in [0.15, 0.2) is 34.9 Å². The van der Waals surface area contributed by atoms with Crippen molar-refractivity contribution in [2.45, 2.75) is 6.92 Å². The number of nitriles is 1. The van der Waals surface area contributed by atoms with Gasteiger partial charge in [0.15, 0.2) is 0 Å². The van der Waals surface area contributed by atoms with E-state index in [1.54, 1.807) is 6.26 Å². The van der Waals surface area contributed by atoms with Crippen LogP contribution >= 0.6 is 11.8 Å². The zero-order valence-electron chi connectivity index (χ0n) is 9.65. The maximum absolute atomic E-state index is 11.1. The molecule has 3 N–H and O–H groups in total. The summed E-state index contributed by atoms with van der Waals surface area (Å²) in [7, 11) is 0. The average molecular weight is 247 g/mol. The molecule has 0 aliphatic heterocycles. The van der Waals surface area contributed by atoms with Crippen LogP contribution in [-0.4, -0.2) is 12.2 Å². The van der Waals surface area contributed by atoms with Crippen LogP contribution in [0, 0.1) is 18.3 Å².